The Kier molecular flexibility index (Phi) is 3.85. The van der Waals surface area contributed by atoms with Crippen LogP contribution < -0.4 is 11.1 Å². The first-order chi connectivity index (χ1) is 7.88. The Morgan fingerprint density at radius 2 is 2.00 bits per heavy atom. The third-order valence-corrected chi connectivity index (χ3v) is 3.08. The molecule has 3 N–H and O–H groups in total. The average molecular weight is 234 g/mol. The Labute approximate surface area is 98.5 Å². The van der Waals surface area contributed by atoms with E-state index in [9.17, 15) is 0 Å². The quantitative estimate of drug-likeness (QED) is 0.825. The minimum Gasteiger partial charge on any atom is -0.360 e. The van der Waals surface area contributed by atoms with Crippen molar-refractivity contribution in [2.24, 2.45) is 5.73 Å². The molecule has 1 heterocycles. The molecule has 0 amide bonds. The molecule has 0 aliphatic carbocycles. The molecule has 0 fully saturated rings. The van der Waals surface area contributed by atoms with Crippen molar-refractivity contribution in [3.8, 4) is 0 Å². The van der Waals surface area contributed by atoms with Gasteiger partial charge in [0, 0.05) is 13.1 Å². The third kappa shape index (κ3) is 3.01. The third-order valence-electron chi connectivity index (χ3n) is 2.17. The van der Waals surface area contributed by atoms with Gasteiger partial charge in [-0.15, -0.1) is 10.2 Å². The summed E-state index contributed by atoms with van der Waals surface area (Å²) < 4.78 is 0. The van der Waals surface area contributed by atoms with Crippen LogP contribution in [0.4, 0.5) is 5.13 Å². The normalized spacial score (nSPS) is 10.3. The lowest BCUT2D eigenvalue weighted by Gasteiger charge is -2.01. The number of nitrogens with zero attached hydrogens (tertiary/aromatic N) is 2. The molecular weight excluding hydrogens is 220 g/mol. The Morgan fingerprint density at radius 1 is 1.19 bits per heavy atom. The second-order valence-electron chi connectivity index (χ2n) is 3.37. The van der Waals surface area contributed by atoms with Crippen molar-refractivity contribution in [3.63, 3.8) is 0 Å². The maximum atomic E-state index is 5.46. The minimum absolute atomic E-state index is 0.456. The molecule has 0 radical (unpaired) electrons. The number of benzene rings is 1. The van der Waals surface area contributed by atoms with Gasteiger partial charge in [-0.1, -0.05) is 41.7 Å². The van der Waals surface area contributed by atoms with E-state index >= 15 is 0 Å². The van der Waals surface area contributed by atoms with Gasteiger partial charge < -0.3 is 11.1 Å². The van der Waals surface area contributed by atoms with E-state index in [1.54, 1.807) is 0 Å². The van der Waals surface area contributed by atoms with Crippen molar-refractivity contribution in [3.05, 3.63) is 40.9 Å². The molecule has 1 aromatic carbocycles. The summed E-state index contributed by atoms with van der Waals surface area (Å²) in [7, 11) is 0. The summed E-state index contributed by atoms with van der Waals surface area (Å²) in [5, 5.41) is 12.9. The van der Waals surface area contributed by atoms with E-state index in [1.165, 1.54) is 16.9 Å². The van der Waals surface area contributed by atoms with Crippen molar-refractivity contribution in [2.75, 3.05) is 11.9 Å². The topological polar surface area (TPSA) is 63.8 Å². The fourth-order valence-corrected chi connectivity index (χ4v) is 2.01. The number of aromatic nitrogens is 2. The lowest BCUT2D eigenvalue weighted by Crippen LogP contribution is -2.04. The lowest BCUT2D eigenvalue weighted by molar-refractivity contribution is 0.946. The fraction of sp³-hybridized carbons (Fsp3) is 0.273. The van der Waals surface area contributed by atoms with Gasteiger partial charge in [-0.2, -0.15) is 0 Å². The molecule has 0 aliphatic heterocycles. The zero-order valence-corrected chi connectivity index (χ0v) is 9.70. The molecule has 0 saturated carbocycles. The molecule has 0 unspecified atom stereocenters. The van der Waals surface area contributed by atoms with E-state index in [1.807, 2.05) is 18.2 Å². The highest BCUT2D eigenvalue weighted by atomic mass is 32.1. The summed E-state index contributed by atoms with van der Waals surface area (Å²) in [5.74, 6) is 0. The summed E-state index contributed by atoms with van der Waals surface area (Å²) in [6, 6.07) is 10.4. The van der Waals surface area contributed by atoms with Gasteiger partial charge in [0.15, 0.2) is 0 Å². The van der Waals surface area contributed by atoms with Crippen molar-refractivity contribution < 1.29 is 0 Å². The molecule has 2 aromatic rings. The first kappa shape index (κ1) is 11.0. The SMILES string of the molecule is NCc1nnc(NCCc2ccccc2)s1. The highest BCUT2D eigenvalue weighted by Gasteiger charge is 2.00. The number of rotatable bonds is 5. The smallest absolute Gasteiger partial charge is 0.205 e. The van der Waals surface area contributed by atoms with Crippen LogP contribution in [0.2, 0.25) is 0 Å². The molecule has 5 heteroatoms. The van der Waals surface area contributed by atoms with Crippen LogP contribution in [0.25, 0.3) is 0 Å². The molecule has 0 bridgehead atoms. The maximum absolute atomic E-state index is 5.46. The van der Waals surface area contributed by atoms with Crippen LogP contribution in [-0.4, -0.2) is 16.7 Å². The molecule has 0 spiro atoms. The van der Waals surface area contributed by atoms with E-state index in [-0.39, 0.29) is 0 Å². The summed E-state index contributed by atoms with van der Waals surface area (Å²) in [6.07, 6.45) is 0.985. The van der Waals surface area contributed by atoms with Crippen molar-refractivity contribution in [1.29, 1.82) is 0 Å². The average Bonchev–Trinajstić information content (AvgIpc) is 2.78. The van der Waals surface area contributed by atoms with E-state index in [4.69, 9.17) is 5.73 Å². The molecule has 84 valence electrons. The maximum Gasteiger partial charge on any atom is 0.205 e. The van der Waals surface area contributed by atoms with Crippen molar-refractivity contribution >= 4 is 16.5 Å². The van der Waals surface area contributed by atoms with E-state index in [0.29, 0.717) is 6.54 Å². The van der Waals surface area contributed by atoms with Crippen LogP contribution in [-0.2, 0) is 13.0 Å². The van der Waals surface area contributed by atoms with Crippen molar-refractivity contribution in [1.82, 2.24) is 10.2 Å². The molecular formula is C11H14N4S. The van der Waals surface area contributed by atoms with Crippen LogP contribution in [0, 0.1) is 0 Å². The first-order valence-corrected chi connectivity index (χ1v) is 6.00. The Bertz CT molecular complexity index is 427. The van der Waals surface area contributed by atoms with Crippen LogP contribution in [0.5, 0.6) is 0 Å². The summed E-state index contributed by atoms with van der Waals surface area (Å²) in [6.45, 7) is 1.32. The molecule has 0 saturated heterocycles. The van der Waals surface area contributed by atoms with Gasteiger partial charge in [0.05, 0.1) is 0 Å². The summed E-state index contributed by atoms with van der Waals surface area (Å²) in [4.78, 5) is 0. The molecule has 4 nitrogen and oxygen atoms in total. The molecule has 1 aromatic heterocycles. The number of nitrogens with two attached hydrogens (primary N) is 1. The lowest BCUT2D eigenvalue weighted by atomic mass is 10.2. The predicted octanol–water partition coefficient (Wildman–Crippen LogP) is 1.65. The van der Waals surface area contributed by atoms with Crippen LogP contribution >= 0.6 is 11.3 Å². The van der Waals surface area contributed by atoms with E-state index in [0.717, 1.165) is 23.1 Å². The number of hydrogen-bond acceptors (Lipinski definition) is 5. The zero-order valence-electron chi connectivity index (χ0n) is 8.89. The largest absolute Gasteiger partial charge is 0.360 e. The second-order valence-corrected chi connectivity index (χ2v) is 4.43. The molecule has 16 heavy (non-hydrogen) atoms. The first-order valence-electron chi connectivity index (χ1n) is 5.19. The number of nitrogens with one attached hydrogen (secondary N) is 1. The second kappa shape index (κ2) is 5.58. The highest BCUT2D eigenvalue weighted by molar-refractivity contribution is 7.15. The minimum atomic E-state index is 0.456. The number of hydrogen-bond donors (Lipinski definition) is 2. The van der Waals surface area contributed by atoms with Gasteiger partial charge in [-0.3, -0.25) is 0 Å². The standard InChI is InChI=1S/C11H14N4S/c12-8-10-14-15-11(16-10)13-7-6-9-4-2-1-3-5-9/h1-5H,6-8,12H2,(H,13,15). The van der Waals surface area contributed by atoms with Gasteiger partial charge in [0.25, 0.3) is 0 Å². The fourth-order valence-electron chi connectivity index (χ4n) is 1.37. The molecule has 0 aliphatic rings. The van der Waals surface area contributed by atoms with Gasteiger partial charge in [-0.05, 0) is 12.0 Å². The Morgan fingerprint density at radius 3 is 2.69 bits per heavy atom. The van der Waals surface area contributed by atoms with Crippen LogP contribution in [0.3, 0.4) is 0 Å². The van der Waals surface area contributed by atoms with E-state index < -0.39 is 0 Å². The van der Waals surface area contributed by atoms with Crippen LogP contribution in [0.1, 0.15) is 10.6 Å². The summed E-state index contributed by atoms with van der Waals surface area (Å²) in [5.41, 5.74) is 6.78. The van der Waals surface area contributed by atoms with Crippen LogP contribution in [0.15, 0.2) is 30.3 Å². The number of anilines is 1. The molecule has 0 atom stereocenters. The van der Waals surface area contributed by atoms with Gasteiger partial charge in [0.1, 0.15) is 5.01 Å². The summed E-state index contributed by atoms with van der Waals surface area (Å²) >= 11 is 1.51. The van der Waals surface area contributed by atoms with Gasteiger partial charge in [0.2, 0.25) is 5.13 Å². The van der Waals surface area contributed by atoms with Gasteiger partial charge >= 0.3 is 0 Å². The Hall–Kier alpha value is -1.46. The Balaban J connectivity index is 1.80. The predicted molar refractivity (Wildman–Crippen MR) is 66.4 cm³/mol. The zero-order chi connectivity index (χ0) is 11.2. The monoisotopic (exact) mass is 234 g/mol. The van der Waals surface area contributed by atoms with Crippen molar-refractivity contribution in [2.45, 2.75) is 13.0 Å². The van der Waals surface area contributed by atoms with E-state index in [2.05, 4.69) is 27.6 Å². The highest BCUT2D eigenvalue weighted by Crippen LogP contribution is 2.14. The van der Waals surface area contributed by atoms with Gasteiger partial charge in [-0.25, -0.2) is 0 Å². The molecule has 2 rings (SSSR count).